The quantitative estimate of drug-likeness (QED) is 0.561. The Morgan fingerprint density at radius 1 is 1.23 bits per heavy atom. The van der Waals surface area contributed by atoms with E-state index in [4.69, 9.17) is 10.3 Å². The average molecular weight is 369 g/mol. The number of aromatic nitrogens is 3. The van der Waals surface area contributed by atoms with Gasteiger partial charge in [-0.3, -0.25) is 4.79 Å². The van der Waals surface area contributed by atoms with Gasteiger partial charge in [0.15, 0.2) is 5.76 Å². The predicted octanol–water partition coefficient (Wildman–Crippen LogP) is 2.32. The Labute approximate surface area is 155 Å². The molecule has 3 heterocycles. The summed E-state index contributed by atoms with van der Waals surface area (Å²) in [5.74, 6) is 7.12. The predicted molar refractivity (Wildman–Crippen MR) is 98.8 cm³/mol. The topological polar surface area (TPSA) is 90.2 Å². The minimum atomic E-state index is -0.309. The monoisotopic (exact) mass is 369 g/mol. The van der Waals surface area contributed by atoms with E-state index in [-0.39, 0.29) is 11.2 Å². The van der Waals surface area contributed by atoms with Crippen molar-refractivity contribution in [1.82, 2.24) is 19.8 Å². The number of thioether (sulfide) groups is 1. The fourth-order valence-corrected chi connectivity index (χ4v) is 3.93. The van der Waals surface area contributed by atoms with Gasteiger partial charge in [-0.05, 0) is 36.6 Å². The molecule has 0 aliphatic carbocycles. The summed E-state index contributed by atoms with van der Waals surface area (Å²) in [6.07, 6.45) is 2.44. The Morgan fingerprint density at radius 3 is 2.81 bits per heavy atom. The van der Waals surface area contributed by atoms with Gasteiger partial charge in [-0.15, -0.1) is 10.2 Å². The molecular formula is C18H19N5O2S. The van der Waals surface area contributed by atoms with Crippen molar-refractivity contribution >= 4 is 17.7 Å². The van der Waals surface area contributed by atoms with Crippen LogP contribution in [0.15, 0.2) is 52.2 Å². The molecule has 1 atom stereocenters. The first-order chi connectivity index (χ1) is 12.6. The van der Waals surface area contributed by atoms with Gasteiger partial charge in [0, 0.05) is 13.1 Å². The van der Waals surface area contributed by atoms with Gasteiger partial charge >= 0.3 is 0 Å². The van der Waals surface area contributed by atoms with E-state index in [1.165, 1.54) is 27.6 Å². The minimum Gasteiger partial charge on any atom is -0.461 e. The molecule has 2 N–H and O–H groups in total. The van der Waals surface area contributed by atoms with Gasteiger partial charge in [0.05, 0.1) is 11.5 Å². The molecule has 1 aliphatic rings. The van der Waals surface area contributed by atoms with Crippen LogP contribution in [-0.4, -0.2) is 37.5 Å². The largest absolute Gasteiger partial charge is 0.461 e. The van der Waals surface area contributed by atoms with Gasteiger partial charge in [-0.25, -0.2) is 4.68 Å². The number of fused-ring (bicyclic) bond motifs is 1. The Kier molecular flexibility index (Phi) is 4.42. The number of hydrogen-bond donors (Lipinski definition) is 1. The van der Waals surface area contributed by atoms with Gasteiger partial charge in [0.1, 0.15) is 0 Å². The number of nitrogens with two attached hydrogens (primary N) is 1. The molecule has 26 heavy (non-hydrogen) atoms. The van der Waals surface area contributed by atoms with E-state index in [1.807, 2.05) is 24.0 Å². The second kappa shape index (κ2) is 6.87. The third kappa shape index (κ3) is 3.08. The summed E-state index contributed by atoms with van der Waals surface area (Å²) >= 11 is 1.30. The van der Waals surface area contributed by atoms with Crippen LogP contribution < -0.4 is 5.84 Å². The molecule has 0 radical (unpaired) electrons. The van der Waals surface area contributed by atoms with E-state index in [2.05, 4.69) is 22.3 Å². The van der Waals surface area contributed by atoms with Crippen LogP contribution in [0.25, 0.3) is 11.6 Å². The van der Waals surface area contributed by atoms with Crippen molar-refractivity contribution in [3.05, 3.63) is 53.8 Å². The van der Waals surface area contributed by atoms with Crippen molar-refractivity contribution in [3.63, 3.8) is 0 Å². The molecule has 3 aromatic rings. The van der Waals surface area contributed by atoms with Crippen LogP contribution in [0.1, 0.15) is 18.1 Å². The molecule has 0 saturated heterocycles. The van der Waals surface area contributed by atoms with Gasteiger partial charge in [-0.2, -0.15) is 0 Å². The lowest BCUT2D eigenvalue weighted by Gasteiger charge is -2.30. The van der Waals surface area contributed by atoms with Crippen LogP contribution in [0.5, 0.6) is 0 Å². The molecule has 4 rings (SSSR count). The first-order valence-electron chi connectivity index (χ1n) is 8.40. The van der Waals surface area contributed by atoms with Crippen LogP contribution in [0.2, 0.25) is 0 Å². The number of rotatable bonds is 4. The number of benzene rings is 1. The first kappa shape index (κ1) is 16.7. The lowest BCUT2D eigenvalue weighted by Crippen LogP contribution is -2.40. The summed E-state index contributed by atoms with van der Waals surface area (Å²) < 4.78 is 6.67. The molecule has 0 saturated carbocycles. The number of nitrogen functional groups attached to an aromatic ring is 1. The third-order valence-corrected chi connectivity index (χ3v) is 5.52. The standard InChI is InChI=1S/C18H19N5O2S/c1-12(17(24)22-9-8-13-5-2-3-6-14(13)11-22)26-18-21-20-16(23(18)19)15-7-4-10-25-15/h2-7,10,12H,8-9,11,19H2,1H3/t12-/m0/s1. The Bertz CT molecular complexity index is 922. The fourth-order valence-electron chi connectivity index (χ4n) is 3.08. The number of nitrogens with zero attached hydrogens (tertiary/aromatic N) is 4. The van der Waals surface area contributed by atoms with Gasteiger partial charge in [-0.1, -0.05) is 36.0 Å². The number of furan rings is 1. The molecule has 1 aromatic carbocycles. The smallest absolute Gasteiger partial charge is 0.236 e. The average Bonchev–Trinajstić information content (AvgIpc) is 3.31. The molecule has 0 spiro atoms. The normalized spacial score (nSPS) is 14.9. The highest BCUT2D eigenvalue weighted by Gasteiger charge is 2.27. The number of carbonyl (C=O) groups is 1. The van der Waals surface area contributed by atoms with E-state index in [0.29, 0.717) is 23.3 Å². The summed E-state index contributed by atoms with van der Waals surface area (Å²) in [6, 6.07) is 11.8. The summed E-state index contributed by atoms with van der Waals surface area (Å²) in [5.41, 5.74) is 2.54. The Morgan fingerprint density at radius 2 is 2.04 bits per heavy atom. The maximum atomic E-state index is 12.8. The number of carbonyl (C=O) groups excluding carboxylic acids is 1. The summed E-state index contributed by atoms with van der Waals surface area (Å²) in [4.78, 5) is 14.7. The molecule has 7 nitrogen and oxygen atoms in total. The molecule has 0 fully saturated rings. The van der Waals surface area contributed by atoms with Crippen LogP contribution in [-0.2, 0) is 17.8 Å². The molecule has 0 unspecified atom stereocenters. The fraction of sp³-hybridized carbons (Fsp3) is 0.278. The Balaban J connectivity index is 1.46. The highest BCUT2D eigenvalue weighted by Crippen LogP contribution is 2.27. The Hall–Kier alpha value is -2.74. The van der Waals surface area contributed by atoms with Crippen LogP contribution in [0, 0.1) is 0 Å². The molecule has 1 aliphatic heterocycles. The summed E-state index contributed by atoms with van der Waals surface area (Å²) in [7, 11) is 0. The molecule has 8 heteroatoms. The highest BCUT2D eigenvalue weighted by atomic mass is 32.2. The van der Waals surface area contributed by atoms with Crippen LogP contribution >= 0.6 is 11.8 Å². The zero-order valence-electron chi connectivity index (χ0n) is 14.3. The maximum absolute atomic E-state index is 12.8. The second-order valence-electron chi connectivity index (χ2n) is 6.19. The minimum absolute atomic E-state index is 0.0760. The second-order valence-corrected chi connectivity index (χ2v) is 7.50. The zero-order chi connectivity index (χ0) is 18.1. The van der Waals surface area contributed by atoms with E-state index >= 15 is 0 Å². The van der Waals surface area contributed by atoms with Gasteiger partial charge < -0.3 is 15.2 Å². The molecular weight excluding hydrogens is 350 g/mol. The molecule has 1 amide bonds. The number of hydrogen-bond acceptors (Lipinski definition) is 6. The van der Waals surface area contributed by atoms with Crippen molar-refractivity contribution < 1.29 is 9.21 Å². The molecule has 134 valence electrons. The third-order valence-electron chi connectivity index (χ3n) is 4.48. The first-order valence-corrected chi connectivity index (χ1v) is 9.28. The van der Waals surface area contributed by atoms with Crippen molar-refractivity contribution in [2.24, 2.45) is 0 Å². The zero-order valence-corrected chi connectivity index (χ0v) is 15.1. The molecule has 0 bridgehead atoms. The summed E-state index contributed by atoms with van der Waals surface area (Å²) in [6.45, 7) is 3.25. The van der Waals surface area contributed by atoms with Gasteiger partial charge in [0.2, 0.25) is 16.9 Å². The van der Waals surface area contributed by atoms with Crippen molar-refractivity contribution in [1.29, 1.82) is 0 Å². The molecule has 2 aromatic heterocycles. The van der Waals surface area contributed by atoms with Crippen LogP contribution in [0.3, 0.4) is 0 Å². The van der Waals surface area contributed by atoms with Crippen molar-refractivity contribution in [3.8, 4) is 11.6 Å². The highest BCUT2D eigenvalue weighted by molar-refractivity contribution is 8.00. The van der Waals surface area contributed by atoms with Crippen LogP contribution in [0.4, 0.5) is 0 Å². The summed E-state index contributed by atoms with van der Waals surface area (Å²) in [5, 5.41) is 8.33. The van der Waals surface area contributed by atoms with E-state index < -0.39 is 0 Å². The maximum Gasteiger partial charge on any atom is 0.236 e. The van der Waals surface area contributed by atoms with E-state index in [9.17, 15) is 4.79 Å². The number of amides is 1. The van der Waals surface area contributed by atoms with Crippen molar-refractivity contribution in [2.45, 2.75) is 30.3 Å². The van der Waals surface area contributed by atoms with E-state index in [0.717, 1.165) is 13.0 Å². The van der Waals surface area contributed by atoms with E-state index in [1.54, 1.807) is 18.4 Å². The van der Waals surface area contributed by atoms with Gasteiger partial charge in [0.25, 0.3) is 0 Å². The lowest BCUT2D eigenvalue weighted by molar-refractivity contribution is -0.131. The SMILES string of the molecule is C[C@H](Sc1nnc(-c2ccco2)n1N)C(=O)N1CCc2ccccc2C1. The lowest BCUT2D eigenvalue weighted by atomic mass is 10.00. The van der Waals surface area contributed by atoms with Crippen molar-refractivity contribution in [2.75, 3.05) is 12.4 Å².